The molecule has 17 heavy (non-hydrogen) atoms. The van der Waals surface area contributed by atoms with Gasteiger partial charge < -0.3 is 4.90 Å². The Labute approximate surface area is 102 Å². The summed E-state index contributed by atoms with van der Waals surface area (Å²) in [6.45, 7) is 2.05. The van der Waals surface area contributed by atoms with Crippen LogP contribution in [0.4, 0.5) is 5.69 Å². The molecule has 1 aromatic heterocycles. The number of aromatic nitrogens is 1. The molecular weight excluding hydrogens is 208 g/mol. The molecule has 0 aliphatic rings. The number of fused-ring (bicyclic) bond motifs is 1. The van der Waals surface area contributed by atoms with E-state index in [9.17, 15) is 0 Å². The predicted molar refractivity (Wildman–Crippen MR) is 73.2 cm³/mol. The van der Waals surface area contributed by atoms with Crippen molar-refractivity contribution in [2.45, 2.75) is 13.3 Å². The number of rotatable bonds is 1. The van der Waals surface area contributed by atoms with E-state index in [1.165, 1.54) is 11.1 Å². The minimum absolute atomic E-state index is 0.853. The summed E-state index contributed by atoms with van der Waals surface area (Å²) in [5.41, 5.74) is 2.07. The van der Waals surface area contributed by atoms with Gasteiger partial charge in [0.2, 0.25) is 0 Å². The smallest absolute Gasteiger partial charge is 0.121 e. The number of pyridine rings is 1. The third-order valence-corrected chi connectivity index (χ3v) is 2.65. The third-order valence-electron chi connectivity index (χ3n) is 2.65. The van der Waals surface area contributed by atoms with Gasteiger partial charge in [-0.1, -0.05) is 25.0 Å². The lowest BCUT2D eigenvalue weighted by atomic mass is 10.1. The molecule has 0 radical (unpaired) electrons. The van der Waals surface area contributed by atoms with Crippen molar-refractivity contribution in [2.75, 3.05) is 19.0 Å². The van der Waals surface area contributed by atoms with Gasteiger partial charge in [-0.05, 0) is 18.1 Å². The Morgan fingerprint density at radius 3 is 2.71 bits per heavy atom. The van der Waals surface area contributed by atoms with Crippen molar-refractivity contribution in [1.29, 1.82) is 0 Å². The van der Waals surface area contributed by atoms with Gasteiger partial charge in [0.25, 0.3) is 0 Å². The second-order valence-electron chi connectivity index (χ2n) is 4.08. The topological polar surface area (TPSA) is 16.1 Å². The molecule has 0 amide bonds. The summed E-state index contributed by atoms with van der Waals surface area (Å²) in [7, 11) is 4.10. The molecule has 0 fully saturated rings. The fourth-order valence-corrected chi connectivity index (χ4v) is 1.85. The van der Waals surface area contributed by atoms with Gasteiger partial charge in [0.15, 0.2) is 0 Å². The minimum Gasteiger partial charge on any atom is -0.377 e. The quantitative estimate of drug-likeness (QED) is 0.692. The molecule has 1 aromatic carbocycles. The van der Waals surface area contributed by atoms with Crippen LogP contribution in [0.15, 0.2) is 30.5 Å². The van der Waals surface area contributed by atoms with Gasteiger partial charge >= 0.3 is 0 Å². The monoisotopic (exact) mass is 224 g/mol. The lowest BCUT2D eigenvalue weighted by molar-refractivity contribution is 1.14. The van der Waals surface area contributed by atoms with E-state index in [1.54, 1.807) is 0 Å². The van der Waals surface area contributed by atoms with E-state index < -0.39 is 0 Å². The maximum Gasteiger partial charge on any atom is 0.121 e. The molecule has 0 N–H and O–H groups in total. The van der Waals surface area contributed by atoms with Crippen molar-refractivity contribution in [3.8, 4) is 11.8 Å². The maximum absolute atomic E-state index is 4.35. The number of hydrogen-bond donors (Lipinski definition) is 0. The Balaban J connectivity index is 2.70. The Bertz CT molecular complexity index is 589. The highest BCUT2D eigenvalue weighted by molar-refractivity contribution is 5.96. The number of nitrogens with zero attached hydrogens (tertiary/aromatic N) is 2. The molecule has 0 aliphatic carbocycles. The average molecular weight is 224 g/mol. The fraction of sp³-hybridized carbons (Fsp3) is 0.267. The van der Waals surface area contributed by atoms with Gasteiger partial charge in [0.05, 0.1) is 0 Å². The molecule has 0 bridgehead atoms. The van der Waals surface area contributed by atoms with E-state index in [1.807, 2.05) is 33.3 Å². The summed E-state index contributed by atoms with van der Waals surface area (Å²) in [5.74, 6) is 6.20. The number of anilines is 1. The Morgan fingerprint density at radius 2 is 2.00 bits per heavy atom. The van der Waals surface area contributed by atoms with E-state index >= 15 is 0 Å². The standard InChI is InChI=1S/C15H16N2/c1-4-5-8-14-12-7-6-9-15(17(2)3)13(12)10-11-16-14/h6-7,9-11H,4H2,1-3H3. The van der Waals surface area contributed by atoms with E-state index in [0.717, 1.165) is 17.5 Å². The highest BCUT2D eigenvalue weighted by Crippen LogP contribution is 2.26. The molecule has 2 aromatic rings. The minimum atomic E-state index is 0.853. The predicted octanol–water partition coefficient (Wildman–Crippen LogP) is 3.06. The molecule has 2 rings (SSSR count). The van der Waals surface area contributed by atoms with Crippen LogP contribution in [0.5, 0.6) is 0 Å². The molecular formula is C15H16N2. The highest BCUT2D eigenvalue weighted by Gasteiger charge is 2.05. The van der Waals surface area contributed by atoms with Gasteiger partial charge in [-0.2, -0.15) is 0 Å². The summed E-state index contributed by atoms with van der Waals surface area (Å²) in [4.78, 5) is 6.46. The SMILES string of the molecule is CCC#Cc1nccc2c(N(C)C)cccc12. The van der Waals surface area contributed by atoms with Crippen LogP contribution in [0.25, 0.3) is 10.8 Å². The summed E-state index contributed by atoms with van der Waals surface area (Å²) in [5, 5.41) is 2.33. The molecule has 0 spiro atoms. The summed E-state index contributed by atoms with van der Waals surface area (Å²) < 4.78 is 0. The lowest BCUT2D eigenvalue weighted by Crippen LogP contribution is -2.09. The van der Waals surface area contributed by atoms with Crippen molar-refractivity contribution in [2.24, 2.45) is 0 Å². The van der Waals surface area contributed by atoms with Crippen LogP contribution in [0.1, 0.15) is 19.0 Å². The number of hydrogen-bond acceptors (Lipinski definition) is 2. The van der Waals surface area contributed by atoms with Crippen LogP contribution in [0, 0.1) is 11.8 Å². The zero-order valence-electron chi connectivity index (χ0n) is 10.5. The van der Waals surface area contributed by atoms with Gasteiger partial charge in [-0.25, -0.2) is 4.98 Å². The fourth-order valence-electron chi connectivity index (χ4n) is 1.85. The molecule has 86 valence electrons. The largest absolute Gasteiger partial charge is 0.377 e. The number of benzene rings is 1. The van der Waals surface area contributed by atoms with E-state index in [2.05, 4.69) is 39.9 Å². The molecule has 2 heteroatoms. The van der Waals surface area contributed by atoms with E-state index in [-0.39, 0.29) is 0 Å². The Morgan fingerprint density at radius 1 is 1.18 bits per heavy atom. The maximum atomic E-state index is 4.35. The molecule has 0 aliphatic heterocycles. The van der Waals surface area contributed by atoms with Crippen molar-refractivity contribution in [1.82, 2.24) is 4.98 Å². The Kier molecular flexibility index (Phi) is 3.30. The van der Waals surface area contributed by atoms with Crippen LogP contribution in [0.3, 0.4) is 0 Å². The van der Waals surface area contributed by atoms with Crippen molar-refractivity contribution in [3.05, 3.63) is 36.2 Å². The first-order chi connectivity index (χ1) is 8.24. The zero-order chi connectivity index (χ0) is 12.3. The van der Waals surface area contributed by atoms with E-state index in [4.69, 9.17) is 0 Å². The van der Waals surface area contributed by atoms with Crippen LogP contribution >= 0.6 is 0 Å². The summed E-state index contributed by atoms with van der Waals surface area (Å²) >= 11 is 0. The van der Waals surface area contributed by atoms with Gasteiger partial charge in [0, 0.05) is 43.2 Å². The second kappa shape index (κ2) is 4.88. The molecule has 0 saturated heterocycles. The molecule has 0 saturated carbocycles. The molecule has 1 heterocycles. The molecule has 0 atom stereocenters. The van der Waals surface area contributed by atoms with Crippen molar-refractivity contribution in [3.63, 3.8) is 0 Å². The first kappa shape index (κ1) is 11.5. The van der Waals surface area contributed by atoms with Crippen molar-refractivity contribution >= 4 is 16.5 Å². The van der Waals surface area contributed by atoms with Gasteiger partial charge in [0.1, 0.15) is 5.69 Å². The van der Waals surface area contributed by atoms with Gasteiger partial charge in [-0.15, -0.1) is 0 Å². The molecule has 0 unspecified atom stereocenters. The van der Waals surface area contributed by atoms with Crippen LogP contribution in [-0.4, -0.2) is 19.1 Å². The van der Waals surface area contributed by atoms with E-state index in [0.29, 0.717) is 0 Å². The van der Waals surface area contributed by atoms with Gasteiger partial charge in [-0.3, -0.25) is 0 Å². The van der Waals surface area contributed by atoms with Crippen molar-refractivity contribution < 1.29 is 0 Å². The highest BCUT2D eigenvalue weighted by atomic mass is 15.1. The van der Waals surface area contributed by atoms with Crippen LogP contribution in [-0.2, 0) is 0 Å². The van der Waals surface area contributed by atoms with Crippen LogP contribution < -0.4 is 4.90 Å². The lowest BCUT2D eigenvalue weighted by Gasteiger charge is -2.15. The molecule has 2 nitrogen and oxygen atoms in total. The average Bonchev–Trinajstić information content (AvgIpc) is 2.35. The first-order valence-corrected chi connectivity index (χ1v) is 5.78. The van der Waals surface area contributed by atoms with Crippen LogP contribution in [0.2, 0.25) is 0 Å². The summed E-state index contributed by atoms with van der Waals surface area (Å²) in [6, 6.07) is 8.28. The Hall–Kier alpha value is -2.01. The first-order valence-electron chi connectivity index (χ1n) is 5.78. The zero-order valence-corrected chi connectivity index (χ0v) is 10.5. The normalized spacial score (nSPS) is 9.82. The third kappa shape index (κ3) is 2.24. The summed E-state index contributed by atoms with van der Waals surface area (Å²) in [6.07, 6.45) is 2.68. The second-order valence-corrected chi connectivity index (χ2v) is 4.08.